The second-order valence-electron chi connectivity index (χ2n) is 5.75. The highest BCUT2D eigenvalue weighted by Crippen LogP contribution is 2.22. The lowest BCUT2D eigenvalue weighted by molar-refractivity contribution is 0.0941. The Balaban J connectivity index is 1.67. The molecule has 1 atom stereocenters. The van der Waals surface area contributed by atoms with Crippen molar-refractivity contribution in [3.63, 3.8) is 0 Å². The molecule has 0 aliphatic rings. The summed E-state index contributed by atoms with van der Waals surface area (Å²) in [6, 6.07) is 12.8. The van der Waals surface area contributed by atoms with Crippen LogP contribution in [0.2, 0.25) is 0 Å². The van der Waals surface area contributed by atoms with Crippen LogP contribution in [0.15, 0.2) is 78.1 Å². The molecule has 134 valence electrons. The Labute approximate surface area is 163 Å². The van der Waals surface area contributed by atoms with E-state index in [0.29, 0.717) is 17.0 Å². The molecule has 1 amide bonds. The van der Waals surface area contributed by atoms with Crippen molar-refractivity contribution in [3.8, 4) is 0 Å². The average Bonchev–Trinajstić information content (AvgIpc) is 3.22. The number of anilines is 1. The number of rotatable bonds is 5. The Morgan fingerprint density at radius 1 is 1.04 bits per heavy atom. The third kappa shape index (κ3) is 3.65. The normalized spacial score (nSPS) is 11.9. The lowest BCUT2D eigenvalue weighted by atomic mass is 10.2. The number of fused-ring (bicyclic) bond motifs is 1. The number of carbonyl (C=O) groups is 1. The second kappa shape index (κ2) is 7.55. The zero-order chi connectivity index (χ0) is 18.6. The predicted molar refractivity (Wildman–Crippen MR) is 105 cm³/mol. The maximum absolute atomic E-state index is 12.7. The molecule has 1 unspecified atom stereocenters. The summed E-state index contributed by atoms with van der Waals surface area (Å²) in [5.41, 5.74) is 2.02. The lowest BCUT2D eigenvalue weighted by Crippen LogP contribution is -2.34. The van der Waals surface area contributed by atoms with E-state index in [1.165, 1.54) is 0 Å². The van der Waals surface area contributed by atoms with Crippen LogP contribution in [-0.4, -0.2) is 25.3 Å². The number of pyridine rings is 1. The summed E-state index contributed by atoms with van der Waals surface area (Å²) >= 11 is 3.45. The molecule has 0 fully saturated rings. The van der Waals surface area contributed by atoms with Gasteiger partial charge in [0.2, 0.25) is 0 Å². The first-order valence-corrected chi connectivity index (χ1v) is 9.01. The van der Waals surface area contributed by atoms with E-state index in [1.54, 1.807) is 36.9 Å². The Morgan fingerprint density at radius 2 is 1.89 bits per heavy atom. The molecule has 3 heterocycles. The summed E-state index contributed by atoms with van der Waals surface area (Å²) in [4.78, 5) is 25.6. The minimum atomic E-state index is -0.527. The summed E-state index contributed by atoms with van der Waals surface area (Å²) in [6.07, 6.45) is 8.05. The summed E-state index contributed by atoms with van der Waals surface area (Å²) in [5.74, 6) is 0.346. The number of nitrogens with one attached hydrogen (secondary N) is 2. The van der Waals surface area contributed by atoms with Crippen LogP contribution < -0.4 is 10.6 Å². The van der Waals surface area contributed by atoms with Gasteiger partial charge in [-0.25, -0.2) is 9.97 Å². The van der Waals surface area contributed by atoms with Crippen molar-refractivity contribution in [2.24, 2.45) is 0 Å². The van der Waals surface area contributed by atoms with Gasteiger partial charge in [0.15, 0.2) is 11.5 Å². The molecule has 0 saturated carbocycles. The van der Waals surface area contributed by atoms with Crippen LogP contribution in [0.4, 0.5) is 5.82 Å². The number of imidazole rings is 1. The van der Waals surface area contributed by atoms with Crippen molar-refractivity contribution in [3.05, 3.63) is 89.2 Å². The van der Waals surface area contributed by atoms with Gasteiger partial charge in [0, 0.05) is 35.9 Å². The van der Waals surface area contributed by atoms with Crippen LogP contribution in [0, 0.1) is 0 Å². The Bertz CT molecular complexity index is 1070. The molecule has 0 aliphatic heterocycles. The van der Waals surface area contributed by atoms with Gasteiger partial charge in [0.25, 0.3) is 5.91 Å². The van der Waals surface area contributed by atoms with Crippen LogP contribution in [0.3, 0.4) is 0 Å². The van der Waals surface area contributed by atoms with Crippen LogP contribution in [0.1, 0.15) is 22.1 Å². The Morgan fingerprint density at radius 3 is 2.67 bits per heavy atom. The zero-order valence-corrected chi connectivity index (χ0v) is 15.7. The number of aromatic nitrogens is 4. The van der Waals surface area contributed by atoms with Gasteiger partial charge >= 0.3 is 0 Å². The predicted octanol–water partition coefficient (Wildman–Crippen LogP) is 3.43. The third-order valence-electron chi connectivity index (χ3n) is 3.99. The van der Waals surface area contributed by atoms with Crippen LogP contribution >= 0.6 is 15.9 Å². The summed E-state index contributed by atoms with van der Waals surface area (Å²) in [5, 5.41) is 6.26. The molecule has 2 N–H and O–H groups in total. The molecule has 0 spiro atoms. The number of hydrogen-bond acceptors (Lipinski definition) is 5. The van der Waals surface area contributed by atoms with Gasteiger partial charge < -0.3 is 10.6 Å². The van der Waals surface area contributed by atoms with E-state index in [-0.39, 0.29) is 5.91 Å². The topological polar surface area (TPSA) is 84.2 Å². The molecule has 8 heteroatoms. The van der Waals surface area contributed by atoms with Gasteiger partial charge in [-0.3, -0.25) is 14.2 Å². The first kappa shape index (κ1) is 17.2. The third-order valence-corrected chi connectivity index (χ3v) is 4.58. The molecule has 1 aromatic carbocycles. The minimum Gasteiger partial charge on any atom is -0.343 e. The molecule has 0 radical (unpaired) electrons. The summed E-state index contributed by atoms with van der Waals surface area (Å²) in [6.45, 7) is 0. The maximum Gasteiger partial charge on any atom is 0.253 e. The van der Waals surface area contributed by atoms with Gasteiger partial charge in [0.05, 0.1) is 6.20 Å². The molecule has 0 bridgehead atoms. The first-order valence-electron chi connectivity index (χ1n) is 8.22. The highest BCUT2D eigenvalue weighted by atomic mass is 79.9. The van der Waals surface area contributed by atoms with E-state index in [9.17, 15) is 4.79 Å². The molecule has 3 aromatic heterocycles. The molecule has 4 aromatic rings. The first-order chi connectivity index (χ1) is 13.2. The van der Waals surface area contributed by atoms with Gasteiger partial charge in [0.1, 0.15) is 10.8 Å². The summed E-state index contributed by atoms with van der Waals surface area (Å²) < 4.78 is 2.64. The van der Waals surface area contributed by atoms with Gasteiger partial charge in [-0.1, -0.05) is 24.3 Å². The molecule has 27 heavy (non-hydrogen) atoms. The number of hydrogen-bond donors (Lipinski definition) is 2. The van der Waals surface area contributed by atoms with E-state index in [0.717, 1.165) is 10.2 Å². The fourth-order valence-corrected chi connectivity index (χ4v) is 3.07. The van der Waals surface area contributed by atoms with Crippen molar-refractivity contribution in [1.29, 1.82) is 0 Å². The Hall–Kier alpha value is -3.26. The zero-order valence-electron chi connectivity index (χ0n) is 14.1. The van der Waals surface area contributed by atoms with Gasteiger partial charge in [-0.2, -0.15) is 0 Å². The van der Waals surface area contributed by atoms with E-state index in [4.69, 9.17) is 0 Å². The van der Waals surface area contributed by atoms with E-state index in [2.05, 4.69) is 41.5 Å². The van der Waals surface area contributed by atoms with E-state index in [1.807, 2.05) is 40.9 Å². The average molecular weight is 423 g/mol. The van der Waals surface area contributed by atoms with Crippen LogP contribution in [0.5, 0.6) is 0 Å². The van der Waals surface area contributed by atoms with Gasteiger partial charge in [-0.05, 0) is 34.1 Å². The molecule has 0 aliphatic carbocycles. The van der Waals surface area contributed by atoms with Crippen molar-refractivity contribution in [1.82, 2.24) is 24.7 Å². The molecular weight excluding hydrogens is 408 g/mol. The number of amides is 1. The van der Waals surface area contributed by atoms with Crippen molar-refractivity contribution >= 4 is 33.3 Å². The minimum absolute atomic E-state index is 0.201. The largest absolute Gasteiger partial charge is 0.343 e. The SMILES string of the molecule is O=C(NC(Nc1ncc(Br)n2ccnc12)c1cccnc1)c1ccccc1. The van der Waals surface area contributed by atoms with Gasteiger partial charge in [-0.15, -0.1) is 0 Å². The lowest BCUT2D eigenvalue weighted by Gasteiger charge is -2.21. The monoisotopic (exact) mass is 422 g/mol. The molecule has 7 nitrogen and oxygen atoms in total. The highest BCUT2D eigenvalue weighted by Gasteiger charge is 2.18. The molecule has 4 rings (SSSR count). The van der Waals surface area contributed by atoms with Crippen molar-refractivity contribution in [2.45, 2.75) is 6.17 Å². The van der Waals surface area contributed by atoms with Crippen LogP contribution in [0.25, 0.3) is 5.65 Å². The fourth-order valence-electron chi connectivity index (χ4n) is 2.68. The van der Waals surface area contributed by atoms with Crippen LogP contribution in [-0.2, 0) is 0 Å². The molecular formula is C19H15BrN6O. The smallest absolute Gasteiger partial charge is 0.253 e. The number of nitrogens with zero attached hydrogens (tertiary/aromatic N) is 4. The quantitative estimate of drug-likeness (QED) is 0.481. The van der Waals surface area contributed by atoms with Crippen molar-refractivity contribution in [2.75, 3.05) is 5.32 Å². The number of halogens is 1. The summed E-state index contributed by atoms with van der Waals surface area (Å²) in [7, 11) is 0. The highest BCUT2D eigenvalue weighted by molar-refractivity contribution is 9.10. The second-order valence-corrected chi connectivity index (χ2v) is 6.57. The Kier molecular flexibility index (Phi) is 4.80. The number of carbonyl (C=O) groups excluding carboxylic acids is 1. The van der Waals surface area contributed by atoms with Crippen molar-refractivity contribution < 1.29 is 4.79 Å². The van der Waals surface area contributed by atoms with E-state index >= 15 is 0 Å². The standard InChI is InChI=1S/C19H15BrN6O/c20-15-12-23-17(18-22-9-10-26(15)18)24-16(14-7-4-8-21-11-14)25-19(27)13-5-2-1-3-6-13/h1-12,16H,(H,23,24)(H,25,27). The molecule has 0 saturated heterocycles. The van der Waals surface area contributed by atoms with E-state index < -0.39 is 6.17 Å². The maximum atomic E-state index is 12.7. The number of benzene rings is 1. The fraction of sp³-hybridized carbons (Fsp3) is 0.0526.